The average Bonchev–Trinajstić information content (AvgIpc) is 2.61. The Morgan fingerprint density at radius 2 is 1.95 bits per heavy atom. The maximum absolute atomic E-state index is 12.6. The summed E-state index contributed by atoms with van der Waals surface area (Å²) in [6, 6.07) is 5.71. The molecule has 0 spiro atoms. The van der Waals surface area contributed by atoms with Crippen molar-refractivity contribution in [2.75, 3.05) is 5.73 Å². The van der Waals surface area contributed by atoms with E-state index in [1.807, 2.05) is 11.0 Å². The highest BCUT2D eigenvalue weighted by atomic mass is 79.9. The highest BCUT2D eigenvalue weighted by Gasteiger charge is 2.43. The van der Waals surface area contributed by atoms with Crippen molar-refractivity contribution in [3.8, 4) is 0 Å². The smallest absolute Gasteiger partial charge is 0.256 e. The van der Waals surface area contributed by atoms with Crippen LogP contribution in [0.2, 0.25) is 0 Å². The molecule has 3 rings (SSSR count). The lowest BCUT2D eigenvalue weighted by Gasteiger charge is -2.37. The second-order valence-corrected chi connectivity index (χ2v) is 6.37. The lowest BCUT2D eigenvalue weighted by molar-refractivity contribution is 0.0287. The number of nitrogens with zero attached hydrogens (tertiary/aromatic N) is 1. The zero-order chi connectivity index (χ0) is 13.6. The zero-order valence-electron chi connectivity index (χ0n) is 10.6. The largest absolute Gasteiger partial charge is 0.398 e. The van der Waals surface area contributed by atoms with Crippen LogP contribution in [-0.4, -0.2) is 34.1 Å². The van der Waals surface area contributed by atoms with Gasteiger partial charge in [0.05, 0.1) is 11.7 Å². The van der Waals surface area contributed by atoms with Gasteiger partial charge in [-0.05, 0) is 43.9 Å². The topological polar surface area (TPSA) is 66.6 Å². The number of rotatable bonds is 1. The van der Waals surface area contributed by atoms with Crippen LogP contribution < -0.4 is 5.73 Å². The summed E-state index contributed by atoms with van der Waals surface area (Å²) in [5.74, 6) is 0.00407. The number of aliphatic hydroxyl groups is 1. The summed E-state index contributed by atoms with van der Waals surface area (Å²) < 4.78 is 0.874. The lowest BCUT2D eigenvalue weighted by Crippen LogP contribution is -2.48. The van der Waals surface area contributed by atoms with Gasteiger partial charge in [0.25, 0.3) is 5.91 Å². The Morgan fingerprint density at radius 3 is 2.53 bits per heavy atom. The van der Waals surface area contributed by atoms with Crippen LogP contribution in [0.3, 0.4) is 0 Å². The molecule has 1 aromatic rings. The first-order chi connectivity index (χ1) is 9.06. The van der Waals surface area contributed by atoms with E-state index in [0.717, 1.165) is 17.3 Å². The maximum atomic E-state index is 12.6. The quantitative estimate of drug-likeness (QED) is 0.778. The van der Waals surface area contributed by atoms with Gasteiger partial charge in [-0.15, -0.1) is 0 Å². The molecule has 1 aromatic carbocycles. The van der Waals surface area contributed by atoms with Crippen molar-refractivity contribution >= 4 is 27.5 Å². The van der Waals surface area contributed by atoms with E-state index in [-0.39, 0.29) is 24.1 Å². The number of carbonyl (C=O) groups is 1. The first-order valence-electron chi connectivity index (χ1n) is 6.62. The first kappa shape index (κ1) is 12.9. The summed E-state index contributed by atoms with van der Waals surface area (Å²) >= 11 is 3.35. The molecule has 0 radical (unpaired) electrons. The van der Waals surface area contributed by atoms with Gasteiger partial charge in [-0.2, -0.15) is 0 Å². The Morgan fingerprint density at radius 1 is 1.32 bits per heavy atom. The van der Waals surface area contributed by atoms with Crippen molar-refractivity contribution in [1.82, 2.24) is 4.90 Å². The molecule has 2 atom stereocenters. The van der Waals surface area contributed by atoms with Crippen molar-refractivity contribution in [1.29, 1.82) is 0 Å². The van der Waals surface area contributed by atoms with E-state index in [4.69, 9.17) is 5.73 Å². The van der Waals surface area contributed by atoms with Crippen molar-refractivity contribution < 1.29 is 9.90 Å². The van der Waals surface area contributed by atoms with Gasteiger partial charge >= 0.3 is 0 Å². The number of piperidine rings is 1. The van der Waals surface area contributed by atoms with Gasteiger partial charge in [0.15, 0.2) is 0 Å². The summed E-state index contributed by atoms with van der Waals surface area (Å²) in [6.07, 6.45) is 3.11. The van der Waals surface area contributed by atoms with Gasteiger partial charge in [0.1, 0.15) is 0 Å². The van der Waals surface area contributed by atoms with E-state index in [1.165, 1.54) is 0 Å². The van der Waals surface area contributed by atoms with Crippen LogP contribution in [0.25, 0.3) is 0 Å². The minimum Gasteiger partial charge on any atom is -0.398 e. The molecular weight excluding hydrogens is 308 g/mol. The molecule has 2 heterocycles. The third-order valence-electron chi connectivity index (χ3n) is 4.19. The highest BCUT2D eigenvalue weighted by Crippen LogP contribution is 2.37. The molecule has 5 heteroatoms. The molecule has 2 saturated heterocycles. The van der Waals surface area contributed by atoms with E-state index in [0.29, 0.717) is 24.1 Å². The van der Waals surface area contributed by atoms with Crippen LogP contribution in [0.5, 0.6) is 0 Å². The van der Waals surface area contributed by atoms with Crippen molar-refractivity contribution in [3.63, 3.8) is 0 Å². The van der Waals surface area contributed by atoms with Crippen LogP contribution in [0.4, 0.5) is 5.69 Å². The predicted molar refractivity (Wildman–Crippen MR) is 76.8 cm³/mol. The van der Waals surface area contributed by atoms with E-state index in [1.54, 1.807) is 12.1 Å². The molecular formula is C14H17BrN2O2. The van der Waals surface area contributed by atoms with Crippen LogP contribution in [-0.2, 0) is 0 Å². The molecule has 0 aliphatic carbocycles. The fourth-order valence-electron chi connectivity index (χ4n) is 3.35. The standard InChI is InChI=1S/C14H17BrN2O2/c15-8-1-4-12(13(16)5-8)14(19)17-9-2-3-10(17)7-11(18)6-9/h1,4-5,9-11,18H,2-3,6-7,16H2. The Kier molecular flexibility index (Phi) is 3.27. The minimum atomic E-state index is -0.260. The molecule has 0 aromatic heterocycles. The molecule has 2 unspecified atom stereocenters. The molecule has 2 bridgehead atoms. The molecule has 1 amide bonds. The van der Waals surface area contributed by atoms with Gasteiger partial charge in [0.2, 0.25) is 0 Å². The monoisotopic (exact) mass is 324 g/mol. The maximum Gasteiger partial charge on any atom is 0.256 e. The highest BCUT2D eigenvalue weighted by molar-refractivity contribution is 9.10. The Labute approximate surface area is 120 Å². The molecule has 102 valence electrons. The number of hydrogen-bond acceptors (Lipinski definition) is 3. The van der Waals surface area contributed by atoms with Crippen LogP contribution >= 0.6 is 15.9 Å². The van der Waals surface area contributed by atoms with E-state index in [2.05, 4.69) is 15.9 Å². The van der Waals surface area contributed by atoms with E-state index in [9.17, 15) is 9.90 Å². The van der Waals surface area contributed by atoms with Crippen molar-refractivity contribution in [2.45, 2.75) is 43.9 Å². The number of hydrogen-bond donors (Lipinski definition) is 2. The summed E-state index contributed by atoms with van der Waals surface area (Å²) in [6.45, 7) is 0. The van der Waals surface area contributed by atoms with Crippen molar-refractivity contribution in [2.24, 2.45) is 0 Å². The number of nitrogens with two attached hydrogens (primary N) is 1. The fraction of sp³-hybridized carbons (Fsp3) is 0.500. The first-order valence-corrected chi connectivity index (χ1v) is 7.41. The fourth-order valence-corrected chi connectivity index (χ4v) is 3.73. The number of nitrogen functional groups attached to an aromatic ring is 1. The molecule has 4 nitrogen and oxygen atoms in total. The number of halogens is 1. The zero-order valence-corrected chi connectivity index (χ0v) is 12.1. The molecule has 0 saturated carbocycles. The van der Waals surface area contributed by atoms with E-state index < -0.39 is 0 Å². The number of fused-ring (bicyclic) bond motifs is 2. The second-order valence-electron chi connectivity index (χ2n) is 5.45. The third-order valence-corrected chi connectivity index (χ3v) is 4.68. The molecule has 3 N–H and O–H groups in total. The lowest BCUT2D eigenvalue weighted by atomic mass is 9.98. The second kappa shape index (κ2) is 4.80. The molecule has 2 fully saturated rings. The van der Waals surface area contributed by atoms with Crippen LogP contribution in [0.1, 0.15) is 36.0 Å². The van der Waals surface area contributed by atoms with Gasteiger partial charge in [-0.1, -0.05) is 15.9 Å². The van der Waals surface area contributed by atoms with Gasteiger partial charge in [-0.25, -0.2) is 0 Å². The Hall–Kier alpha value is -1.07. The SMILES string of the molecule is Nc1cc(Br)ccc1C(=O)N1C2CCC1CC(O)C2. The number of benzene rings is 1. The van der Waals surface area contributed by atoms with Gasteiger partial charge in [0, 0.05) is 22.2 Å². The Bertz CT molecular complexity index is 506. The predicted octanol–water partition coefficient (Wildman–Crippen LogP) is 2.16. The summed E-state index contributed by atoms with van der Waals surface area (Å²) in [5.41, 5.74) is 7.01. The van der Waals surface area contributed by atoms with Gasteiger partial charge < -0.3 is 15.7 Å². The molecule has 2 aliphatic heterocycles. The summed E-state index contributed by atoms with van der Waals surface area (Å²) in [7, 11) is 0. The van der Waals surface area contributed by atoms with Crippen LogP contribution in [0, 0.1) is 0 Å². The number of carbonyl (C=O) groups excluding carboxylic acids is 1. The minimum absolute atomic E-state index is 0.00407. The number of amides is 1. The number of aliphatic hydroxyl groups excluding tert-OH is 1. The molecule has 2 aliphatic rings. The van der Waals surface area contributed by atoms with Crippen molar-refractivity contribution in [3.05, 3.63) is 28.2 Å². The molecule has 19 heavy (non-hydrogen) atoms. The number of anilines is 1. The summed E-state index contributed by atoms with van der Waals surface area (Å²) in [5, 5.41) is 9.78. The Balaban J connectivity index is 1.88. The van der Waals surface area contributed by atoms with Crippen LogP contribution in [0.15, 0.2) is 22.7 Å². The van der Waals surface area contributed by atoms with E-state index >= 15 is 0 Å². The summed E-state index contributed by atoms with van der Waals surface area (Å²) in [4.78, 5) is 14.6. The normalized spacial score (nSPS) is 29.6. The third kappa shape index (κ3) is 2.25. The van der Waals surface area contributed by atoms with Gasteiger partial charge in [-0.3, -0.25) is 4.79 Å². The average molecular weight is 325 g/mol.